The number of aromatic nitrogens is 1. The fourth-order valence-corrected chi connectivity index (χ4v) is 2.01. The van der Waals surface area contributed by atoms with Crippen LogP contribution in [0.2, 0.25) is 0 Å². The Labute approximate surface area is 116 Å². The molecule has 1 heterocycles. The third-order valence-corrected chi connectivity index (χ3v) is 2.97. The standard InChI is InChI=1S/C13H11F3N2O3/c14-13(15,16)12(21)17-5-4-7-6-18-10-8(7)2-1-3-9(10)11(19)20/h1-3,6,18H,4-5H2,(H,17,21)(H,19,20). The van der Waals surface area contributed by atoms with Crippen LogP contribution >= 0.6 is 0 Å². The first kappa shape index (κ1) is 14.9. The van der Waals surface area contributed by atoms with Gasteiger partial charge >= 0.3 is 18.1 Å². The molecule has 1 aromatic heterocycles. The molecule has 0 spiro atoms. The molecular weight excluding hydrogens is 289 g/mol. The number of halogens is 3. The van der Waals surface area contributed by atoms with Crippen LogP contribution in [0.1, 0.15) is 15.9 Å². The number of nitrogens with one attached hydrogen (secondary N) is 2. The summed E-state index contributed by atoms with van der Waals surface area (Å²) >= 11 is 0. The lowest BCUT2D eigenvalue weighted by atomic mass is 10.1. The fourth-order valence-electron chi connectivity index (χ4n) is 2.01. The zero-order valence-corrected chi connectivity index (χ0v) is 10.6. The van der Waals surface area contributed by atoms with Crippen molar-refractivity contribution in [3.8, 4) is 0 Å². The van der Waals surface area contributed by atoms with Crippen LogP contribution in [-0.2, 0) is 11.2 Å². The minimum atomic E-state index is -4.91. The molecule has 0 saturated carbocycles. The highest BCUT2D eigenvalue weighted by Gasteiger charge is 2.38. The zero-order chi connectivity index (χ0) is 15.6. The highest BCUT2D eigenvalue weighted by Crippen LogP contribution is 2.22. The number of carboxylic acid groups (broad SMARTS) is 1. The lowest BCUT2D eigenvalue weighted by Crippen LogP contribution is -2.37. The Hall–Kier alpha value is -2.51. The van der Waals surface area contributed by atoms with E-state index in [1.165, 1.54) is 12.3 Å². The Morgan fingerprint density at radius 2 is 2.00 bits per heavy atom. The van der Waals surface area contributed by atoms with E-state index < -0.39 is 18.1 Å². The first-order valence-electron chi connectivity index (χ1n) is 5.98. The van der Waals surface area contributed by atoms with Gasteiger partial charge < -0.3 is 15.4 Å². The van der Waals surface area contributed by atoms with E-state index in [1.807, 2.05) is 0 Å². The number of para-hydroxylation sites is 1. The van der Waals surface area contributed by atoms with E-state index in [9.17, 15) is 22.8 Å². The monoisotopic (exact) mass is 300 g/mol. The summed E-state index contributed by atoms with van der Waals surface area (Å²) in [5.41, 5.74) is 1.12. The second kappa shape index (κ2) is 5.47. The average Bonchev–Trinajstić information content (AvgIpc) is 2.80. The van der Waals surface area contributed by atoms with E-state index in [2.05, 4.69) is 4.98 Å². The van der Waals surface area contributed by atoms with Gasteiger partial charge in [0.25, 0.3) is 0 Å². The number of aromatic carboxylic acids is 1. The van der Waals surface area contributed by atoms with Crippen molar-refractivity contribution in [2.75, 3.05) is 6.54 Å². The second-order valence-electron chi connectivity index (χ2n) is 4.35. The van der Waals surface area contributed by atoms with Crippen molar-refractivity contribution >= 4 is 22.8 Å². The number of H-pyrrole nitrogens is 1. The minimum absolute atomic E-state index is 0.0816. The van der Waals surface area contributed by atoms with Crippen molar-refractivity contribution in [3.63, 3.8) is 0 Å². The number of benzene rings is 1. The van der Waals surface area contributed by atoms with Gasteiger partial charge in [-0.2, -0.15) is 13.2 Å². The lowest BCUT2D eigenvalue weighted by molar-refractivity contribution is -0.173. The van der Waals surface area contributed by atoms with Crippen LogP contribution < -0.4 is 5.32 Å². The maximum Gasteiger partial charge on any atom is 0.471 e. The molecule has 0 aliphatic heterocycles. The quantitative estimate of drug-likeness (QED) is 0.808. The summed E-state index contributed by atoms with van der Waals surface area (Å²) in [6.07, 6.45) is -3.22. The van der Waals surface area contributed by atoms with Gasteiger partial charge in [0.1, 0.15) is 0 Å². The Morgan fingerprint density at radius 3 is 2.62 bits per heavy atom. The molecule has 3 N–H and O–H groups in total. The van der Waals surface area contributed by atoms with E-state index >= 15 is 0 Å². The Morgan fingerprint density at radius 1 is 1.29 bits per heavy atom. The van der Waals surface area contributed by atoms with Gasteiger partial charge in [0, 0.05) is 18.1 Å². The van der Waals surface area contributed by atoms with E-state index in [-0.39, 0.29) is 18.5 Å². The van der Waals surface area contributed by atoms with Gasteiger partial charge in [-0.05, 0) is 18.1 Å². The van der Waals surface area contributed by atoms with Gasteiger partial charge in [-0.1, -0.05) is 12.1 Å². The molecule has 2 rings (SSSR count). The number of aromatic amines is 1. The average molecular weight is 300 g/mol. The molecule has 21 heavy (non-hydrogen) atoms. The summed E-state index contributed by atoms with van der Waals surface area (Å²) in [4.78, 5) is 24.5. The van der Waals surface area contributed by atoms with E-state index in [0.717, 1.165) is 0 Å². The van der Waals surface area contributed by atoms with E-state index in [4.69, 9.17) is 5.11 Å². The lowest BCUT2D eigenvalue weighted by Gasteiger charge is -2.07. The van der Waals surface area contributed by atoms with Crippen molar-refractivity contribution in [2.45, 2.75) is 12.6 Å². The number of hydrogen-bond donors (Lipinski definition) is 3. The van der Waals surface area contributed by atoms with Gasteiger partial charge in [-0.25, -0.2) is 4.79 Å². The maximum atomic E-state index is 12.0. The van der Waals surface area contributed by atoms with Crippen molar-refractivity contribution in [3.05, 3.63) is 35.5 Å². The Balaban J connectivity index is 2.12. The minimum Gasteiger partial charge on any atom is -0.478 e. The largest absolute Gasteiger partial charge is 0.478 e. The normalized spacial score (nSPS) is 11.6. The Kier molecular flexibility index (Phi) is 3.88. The zero-order valence-electron chi connectivity index (χ0n) is 10.6. The number of hydrogen-bond acceptors (Lipinski definition) is 2. The summed E-state index contributed by atoms with van der Waals surface area (Å²) in [5, 5.41) is 11.4. The molecule has 0 bridgehead atoms. The van der Waals surface area contributed by atoms with Crippen LogP contribution in [0.3, 0.4) is 0 Å². The second-order valence-corrected chi connectivity index (χ2v) is 4.35. The molecule has 2 aromatic rings. The van der Waals surface area contributed by atoms with Crippen molar-refractivity contribution in [1.82, 2.24) is 10.3 Å². The summed E-state index contributed by atoms with van der Waals surface area (Å²) in [5.74, 6) is -3.09. The SMILES string of the molecule is O=C(O)c1cccc2c(CCNC(=O)C(F)(F)F)c[nH]c12. The van der Waals surface area contributed by atoms with Crippen molar-refractivity contribution < 1.29 is 27.9 Å². The number of carbonyl (C=O) groups is 2. The molecule has 0 aliphatic rings. The first-order chi connectivity index (χ1) is 9.80. The topological polar surface area (TPSA) is 82.2 Å². The van der Waals surface area contributed by atoms with Gasteiger partial charge in [-0.3, -0.25) is 4.79 Å². The summed E-state index contributed by atoms with van der Waals surface area (Å²) < 4.78 is 36.1. The van der Waals surface area contributed by atoms with Crippen LogP contribution in [0.4, 0.5) is 13.2 Å². The molecule has 0 aliphatic carbocycles. The highest BCUT2D eigenvalue weighted by molar-refractivity contribution is 6.03. The smallest absolute Gasteiger partial charge is 0.471 e. The van der Waals surface area contributed by atoms with Crippen LogP contribution in [0.25, 0.3) is 10.9 Å². The van der Waals surface area contributed by atoms with Crippen molar-refractivity contribution in [2.24, 2.45) is 0 Å². The number of carboxylic acids is 1. The van der Waals surface area contributed by atoms with E-state index in [0.29, 0.717) is 16.5 Å². The molecule has 112 valence electrons. The fraction of sp³-hybridized carbons (Fsp3) is 0.231. The highest BCUT2D eigenvalue weighted by atomic mass is 19.4. The third kappa shape index (κ3) is 3.15. The summed E-state index contributed by atoms with van der Waals surface area (Å²) in [6.45, 7) is -0.192. The number of carbonyl (C=O) groups excluding carboxylic acids is 1. The molecule has 0 saturated heterocycles. The number of fused-ring (bicyclic) bond motifs is 1. The van der Waals surface area contributed by atoms with E-state index in [1.54, 1.807) is 17.4 Å². The number of rotatable bonds is 4. The predicted molar refractivity (Wildman–Crippen MR) is 68.0 cm³/mol. The molecular formula is C13H11F3N2O3. The predicted octanol–water partition coefficient (Wildman–Crippen LogP) is 2.09. The molecule has 1 amide bonds. The molecule has 1 aromatic carbocycles. The van der Waals surface area contributed by atoms with Crippen LogP contribution in [0.15, 0.2) is 24.4 Å². The molecule has 0 unspecified atom stereocenters. The van der Waals surface area contributed by atoms with Crippen molar-refractivity contribution in [1.29, 1.82) is 0 Å². The molecule has 0 radical (unpaired) electrons. The molecule has 0 fully saturated rings. The van der Waals surface area contributed by atoms with Gasteiger partial charge in [0.05, 0.1) is 11.1 Å². The maximum absolute atomic E-state index is 12.0. The van der Waals surface area contributed by atoms with Crippen LogP contribution in [-0.4, -0.2) is 34.7 Å². The summed E-state index contributed by atoms with van der Waals surface area (Å²) in [6, 6.07) is 4.65. The van der Waals surface area contributed by atoms with Gasteiger partial charge in [0.2, 0.25) is 0 Å². The van der Waals surface area contributed by atoms with Crippen LogP contribution in [0, 0.1) is 0 Å². The van der Waals surface area contributed by atoms with Gasteiger partial charge in [0.15, 0.2) is 0 Å². The Bertz CT molecular complexity index is 692. The first-order valence-corrected chi connectivity index (χ1v) is 5.98. The molecule has 5 nitrogen and oxygen atoms in total. The number of amides is 1. The van der Waals surface area contributed by atoms with Gasteiger partial charge in [-0.15, -0.1) is 0 Å². The third-order valence-electron chi connectivity index (χ3n) is 2.97. The summed E-state index contributed by atoms with van der Waals surface area (Å²) in [7, 11) is 0. The molecule has 0 atom stereocenters. The molecule has 8 heteroatoms. The number of alkyl halides is 3. The van der Waals surface area contributed by atoms with Crippen LogP contribution in [0.5, 0.6) is 0 Å².